The van der Waals surface area contributed by atoms with E-state index in [-0.39, 0.29) is 19.1 Å². The Balaban J connectivity index is 2.31. The van der Waals surface area contributed by atoms with E-state index in [1.54, 1.807) is 13.0 Å². The van der Waals surface area contributed by atoms with Crippen LogP contribution < -0.4 is 10.1 Å². The molecule has 1 rings (SSSR count). The average Bonchev–Trinajstić information content (AvgIpc) is 2.55. The van der Waals surface area contributed by atoms with E-state index in [0.29, 0.717) is 12.2 Å². The highest BCUT2D eigenvalue weighted by Crippen LogP contribution is 2.13. The van der Waals surface area contributed by atoms with Crippen molar-refractivity contribution in [3.05, 3.63) is 48.1 Å². The second kappa shape index (κ2) is 10.2. The van der Waals surface area contributed by atoms with E-state index < -0.39 is 5.97 Å². The molecule has 0 unspecified atom stereocenters. The number of nitrogens with one attached hydrogen (secondary N) is 1. The summed E-state index contributed by atoms with van der Waals surface area (Å²) in [5.41, 5.74) is 1.30. The molecule has 1 N–H and O–H groups in total. The van der Waals surface area contributed by atoms with Crippen LogP contribution in [0.5, 0.6) is 5.75 Å². The first-order chi connectivity index (χ1) is 11.0. The third-order valence-electron chi connectivity index (χ3n) is 2.78. The topological polar surface area (TPSA) is 64.6 Å². The summed E-state index contributed by atoms with van der Waals surface area (Å²) in [5.74, 6) is 0.0997. The van der Waals surface area contributed by atoms with Gasteiger partial charge in [0.1, 0.15) is 12.4 Å². The molecule has 0 spiro atoms. The van der Waals surface area contributed by atoms with Gasteiger partial charge in [0.25, 0.3) is 0 Å². The predicted molar refractivity (Wildman–Crippen MR) is 90.0 cm³/mol. The molecule has 5 nitrogen and oxygen atoms in total. The smallest absolute Gasteiger partial charge is 0.330 e. The third-order valence-corrected chi connectivity index (χ3v) is 2.78. The molecule has 124 valence electrons. The van der Waals surface area contributed by atoms with Gasteiger partial charge in [-0.1, -0.05) is 25.6 Å². The monoisotopic (exact) mass is 317 g/mol. The first kappa shape index (κ1) is 18.5. The van der Waals surface area contributed by atoms with Gasteiger partial charge in [-0.05, 0) is 37.1 Å². The summed E-state index contributed by atoms with van der Waals surface area (Å²) in [6.07, 6.45) is 3.97. The van der Waals surface area contributed by atoms with E-state index in [1.807, 2.05) is 31.2 Å². The van der Waals surface area contributed by atoms with E-state index in [1.165, 1.54) is 6.08 Å². The van der Waals surface area contributed by atoms with Gasteiger partial charge >= 0.3 is 5.97 Å². The molecule has 5 heteroatoms. The van der Waals surface area contributed by atoms with Crippen molar-refractivity contribution in [2.75, 3.05) is 19.8 Å². The number of hydrogen-bond donors (Lipinski definition) is 1. The summed E-state index contributed by atoms with van der Waals surface area (Å²) >= 11 is 0. The van der Waals surface area contributed by atoms with E-state index in [9.17, 15) is 9.59 Å². The van der Waals surface area contributed by atoms with Gasteiger partial charge in [-0.3, -0.25) is 4.79 Å². The van der Waals surface area contributed by atoms with Crippen molar-refractivity contribution in [3.8, 4) is 5.75 Å². The molecule has 23 heavy (non-hydrogen) atoms. The molecule has 0 aliphatic carbocycles. The molecule has 0 bridgehead atoms. The lowest BCUT2D eigenvalue weighted by Gasteiger charge is -2.05. The molecule has 0 saturated carbocycles. The summed E-state index contributed by atoms with van der Waals surface area (Å²) < 4.78 is 10.5. The van der Waals surface area contributed by atoms with Crippen LogP contribution in [0.25, 0.3) is 6.08 Å². The summed E-state index contributed by atoms with van der Waals surface area (Å²) in [5, 5.41) is 2.58. The molecule has 0 fully saturated rings. The molecule has 1 aromatic rings. The molecule has 0 saturated heterocycles. The summed E-state index contributed by atoms with van der Waals surface area (Å²) in [6, 6.07) is 7.44. The van der Waals surface area contributed by atoms with Crippen molar-refractivity contribution in [3.63, 3.8) is 0 Å². The minimum absolute atomic E-state index is 0.117. The van der Waals surface area contributed by atoms with Gasteiger partial charge in [0.15, 0.2) is 0 Å². The maximum absolute atomic E-state index is 11.5. The molecule has 0 aliphatic rings. The lowest BCUT2D eigenvalue weighted by Crippen LogP contribution is -2.28. The quantitative estimate of drug-likeness (QED) is 0.432. The molecule has 1 amide bonds. The van der Waals surface area contributed by atoms with Crippen molar-refractivity contribution in [2.45, 2.75) is 20.3 Å². The lowest BCUT2D eigenvalue weighted by molar-refractivity contribution is -0.138. The number of hydrogen-bond acceptors (Lipinski definition) is 4. The maximum Gasteiger partial charge on any atom is 0.330 e. The van der Waals surface area contributed by atoms with E-state index in [0.717, 1.165) is 17.7 Å². The molecule has 0 aromatic heterocycles. The fraction of sp³-hybridized carbons (Fsp3) is 0.333. The fourth-order valence-corrected chi connectivity index (χ4v) is 1.57. The Kier molecular flexibility index (Phi) is 8.21. The first-order valence-corrected chi connectivity index (χ1v) is 7.54. The lowest BCUT2D eigenvalue weighted by atomic mass is 10.2. The molecule has 0 aliphatic heterocycles. The molecule has 0 heterocycles. The van der Waals surface area contributed by atoms with Crippen molar-refractivity contribution < 1.29 is 19.1 Å². The van der Waals surface area contributed by atoms with E-state index in [2.05, 4.69) is 11.9 Å². The van der Waals surface area contributed by atoms with Gasteiger partial charge in [0, 0.05) is 11.6 Å². The van der Waals surface area contributed by atoms with Gasteiger partial charge in [-0.25, -0.2) is 4.79 Å². The van der Waals surface area contributed by atoms with Crippen LogP contribution in [0.4, 0.5) is 0 Å². The number of esters is 1. The number of carbonyl (C=O) groups is 2. The molecule has 0 atom stereocenters. The summed E-state index contributed by atoms with van der Waals surface area (Å²) in [4.78, 5) is 22.8. The Morgan fingerprint density at radius 3 is 2.52 bits per heavy atom. The number of carbonyl (C=O) groups excluding carboxylic acids is 2. The SMILES string of the molecule is C=C(C)C(=O)NCCOC(=O)/C=C/c1ccc(OCCC)cc1. The molecular weight excluding hydrogens is 294 g/mol. The average molecular weight is 317 g/mol. The Morgan fingerprint density at radius 1 is 1.22 bits per heavy atom. The molecular formula is C18H23NO4. The number of rotatable bonds is 9. The minimum atomic E-state index is -0.458. The number of benzene rings is 1. The number of amides is 1. The van der Waals surface area contributed by atoms with Crippen molar-refractivity contribution in [1.82, 2.24) is 5.32 Å². The normalized spacial score (nSPS) is 10.3. The van der Waals surface area contributed by atoms with Crippen LogP contribution in [0, 0.1) is 0 Å². The van der Waals surface area contributed by atoms with E-state index >= 15 is 0 Å². The van der Waals surface area contributed by atoms with Crippen molar-refractivity contribution in [2.24, 2.45) is 0 Å². The Morgan fingerprint density at radius 2 is 1.91 bits per heavy atom. The molecule has 0 radical (unpaired) electrons. The van der Waals surface area contributed by atoms with Crippen LogP contribution in [0.2, 0.25) is 0 Å². The first-order valence-electron chi connectivity index (χ1n) is 7.54. The van der Waals surface area contributed by atoms with Crippen LogP contribution in [-0.2, 0) is 14.3 Å². The highest BCUT2D eigenvalue weighted by molar-refractivity contribution is 5.92. The van der Waals surface area contributed by atoms with Gasteiger partial charge in [0.05, 0.1) is 13.2 Å². The second-order valence-electron chi connectivity index (χ2n) is 4.95. The zero-order valence-corrected chi connectivity index (χ0v) is 13.6. The Labute approximate surface area is 137 Å². The van der Waals surface area contributed by atoms with Crippen LogP contribution in [-0.4, -0.2) is 31.6 Å². The predicted octanol–water partition coefficient (Wildman–Crippen LogP) is 2.72. The van der Waals surface area contributed by atoms with Gasteiger partial charge in [-0.15, -0.1) is 0 Å². The zero-order chi connectivity index (χ0) is 17.1. The second-order valence-corrected chi connectivity index (χ2v) is 4.95. The van der Waals surface area contributed by atoms with E-state index in [4.69, 9.17) is 9.47 Å². The van der Waals surface area contributed by atoms with Gasteiger partial charge < -0.3 is 14.8 Å². The fourth-order valence-electron chi connectivity index (χ4n) is 1.57. The van der Waals surface area contributed by atoms with Crippen molar-refractivity contribution >= 4 is 18.0 Å². The number of ether oxygens (including phenoxy) is 2. The van der Waals surface area contributed by atoms with Crippen LogP contribution in [0.15, 0.2) is 42.5 Å². The maximum atomic E-state index is 11.5. The third kappa shape index (κ3) is 7.85. The largest absolute Gasteiger partial charge is 0.494 e. The Bertz CT molecular complexity index is 561. The highest BCUT2D eigenvalue weighted by Gasteiger charge is 2.01. The van der Waals surface area contributed by atoms with Crippen LogP contribution in [0.1, 0.15) is 25.8 Å². The summed E-state index contributed by atoms with van der Waals surface area (Å²) in [6.45, 7) is 8.24. The Hall–Kier alpha value is -2.56. The zero-order valence-electron chi connectivity index (χ0n) is 13.6. The van der Waals surface area contributed by atoms with Crippen LogP contribution >= 0.6 is 0 Å². The van der Waals surface area contributed by atoms with Crippen LogP contribution in [0.3, 0.4) is 0 Å². The highest BCUT2D eigenvalue weighted by atomic mass is 16.5. The summed E-state index contributed by atoms with van der Waals surface area (Å²) in [7, 11) is 0. The minimum Gasteiger partial charge on any atom is -0.494 e. The van der Waals surface area contributed by atoms with Gasteiger partial charge in [-0.2, -0.15) is 0 Å². The van der Waals surface area contributed by atoms with Gasteiger partial charge in [0.2, 0.25) is 5.91 Å². The standard InChI is InChI=1S/C18H23NO4/c1-4-12-22-16-8-5-15(6-9-16)7-10-17(20)23-13-11-19-18(21)14(2)3/h5-10H,2,4,11-13H2,1,3H3,(H,19,21)/b10-7+. The van der Waals surface area contributed by atoms with Crippen molar-refractivity contribution in [1.29, 1.82) is 0 Å². The molecule has 1 aromatic carbocycles.